The average Bonchev–Trinajstić information content (AvgIpc) is 2.34. The molecule has 2 aliphatic rings. The monoisotopic (exact) mass is 233 g/mol. The minimum absolute atomic E-state index is 0.115. The Bertz CT molecular complexity index is 523. The van der Waals surface area contributed by atoms with Crippen LogP contribution >= 0.6 is 0 Å². The summed E-state index contributed by atoms with van der Waals surface area (Å²) in [5.41, 5.74) is 1.97. The Labute approximate surface area is 99.0 Å². The Morgan fingerprint density at radius 1 is 1.29 bits per heavy atom. The molecule has 1 aromatic heterocycles. The molecule has 0 N–H and O–H groups in total. The number of rotatable bonds is 1. The van der Waals surface area contributed by atoms with Crippen LogP contribution in [0.3, 0.4) is 0 Å². The topological polar surface area (TPSA) is 54.7 Å². The predicted octanol–water partition coefficient (Wildman–Crippen LogP) is 1.26. The molecule has 5 heteroatoms. The molecule has 3 rings (SSSR count). The summed E-state index contributed by atoms with van der Waals surface area (Å²) in [5, 5.41) is 4.63. The Kier molecular flexibility index (Phi) is 2.28. The highest BCUT2D eigenvalue weighted by Gasteiger charge is 2.34. The van der Waals surface area contributed by atoms with Crippen LogP contribution in [0, 0.1) is 17.7 Å². The van der Waals surface area contributed by atoms with E-state index in [9.17, 15) is 9.70 Å². The normalized spacial score (nSPS) is 26.5. The molecule has 0 unspecified atom stereocenters. The molecule has 3 heterocycles. The van der Waals surface area contributed by atoms with Gasteiger partial charge in [-0.3, -0.25) is 9.80 Å². The quantitative estimate of drug-likeness (QED) is 0.686. The Hall–Kier alpha value is -1.65. The first-order chi connectivity index (χ1) is 8.19. The van der Waals surface area contributed by atoms with Gasteiger partial charge in [-0.1, -0.05) is 6.07 Å². The van der Waals surface area contributed by atoms with Gasteiger partial charge >= 0.3 is 0 Å². The summed E-state index contributed by atoms with van der Waals surface area (Å²) in [4.78, 5) is 22.7. The maximum absolute atomic E-state index is 12.1. The zero-order valence-electron chi connectivity index (χ0n) is 9.80. The van der Waals surface area contributed by atoms with Crippen molar-refractivity contribution in [2.24, 2.45) is 11.2 Å². The van der Waals surface area contributed by atoms with Gasteiger partial charge in [0.1, 0.15) is 0 Å². The zero-order chi connectivity index (χ0) is 12.0. The molecular formula is C12H15N3O2. The highest BCUT2D eigenvalue weighted by atomic mass is 16.3. The number of pyridine rings is 1. The second-order valence-electron chi connectivity index (χ2n) is 5.11. The van der Waals surface area contributed by atoms with Crippen molar-refractivity contribution >= 4 is 0 Å². The molecule has 17 heavy (non-hydrogen) atoms. The largest absolute Gasteiger partial charge is 0.312 e. The number of aromatic nitrogens is 1. The van der Waals surface area contributed by atoms with E-state index in [0.29, 0.717) is 19.0 Å². The molecule has 0 saturated carbocycles. The summed E-state index contributed by atoms with van der Waals surface area (Å²) < 4.78 is 1.89. The molecule has 0 aromatic carbocycles. The number of piperidine rings is 1. The van der Waals surface area contributed by atoms with Crippen molar-refractivity contribution in [1.82, 2.24) is 9.58 Å². The Balaban J connectivity index is 2.07. The van der Waals surface area contributed by atoms with Gasteiger partial charge in [0.25, 0.3) is 5.56 Å². The van der Waals surface area contributed by atoms with Crippen LogP contribution in [0.4, 0.5) is 0 Å². The fourth-order valence-corrected chi connectivity index (χ4v) is 3.10. The average molecular weight is 233 g/mol. The van der Waals surface area contributed by atoms with Gasteiger partial charge in [0.05, 0.1) is 5.29 Å². The van der Waals surface area contributed by atoms with Gasteiger partial charge in [-0.05, 0) is 25.3 Å². The molecule has 5 nitrogen and oxygen atoms in total. The lowest BCUT2D eigenvalue weighted by Crippen LogP contribution is -2.45. The van der Waals surface area contributed by atoms with Crippen molar-refractivity contribution in [3.63, 3.8) is 0 Å². The Morgan fingerprint density at radius 2 is 2.12 bits per heavy atom. The number of hydrogen-bond donors (Lipinski definition) is 0. The number of hydrogen-bond acceptors (Lipinski definition) is 3. The predicted molar refractivity (Wildman–Crippen MR) is 63.7 cm³/mol. The molecular weight excluding hydrogens is 218 g/mol. The van der Waals surface area contributed by atoms with Gasteiger partial charge in [0, 0.05) is 36.8 Å². The summed E-state index contributed by atoms with van der Waals surface area (Å²) in [6, 6.07) is 3.90. The SMILES string of the molecule is Cc1ccc2n(c1=O)C[C@@H]1C[C@@H]2CN(N=O)C1. The smallest absolute Gasteiger partial charge is 0.253 e. The molecule has 90 valence electrons. The lowest BCUT2D eigenvalue weighted by molar-refractivity contribution is 0.122. The van der Waals surface area contributed by atoms with Crippen molar-refractivity contribution < 1.29 is 0 Å². The van der Waals surface area contributed by atoms with Gasteiger partial charge < -0.3 is 4.57 Å². The van der Waals surface area contributed by atoms with E-state index < -0.39 is 0 Å². The highest BCUT2D eigenvalue weighted by molar-refractivity contribution is 5.21. The summed E-state index contributed by atoms with van der Waals surface area (Å²) in [7, 11) is 0. The van der Waals surface area contributed by atoms with Gasteiger partial charge in [0.15, 0.2) is 0 Å². The van der Waals surface area contributed by atoms with E-state index in [0.717, 1.165) is 24.2 Å². The van der Waals surface area contributed by atoms with E-state index in [1.54, 1.807) is 5.01 Å². The molecule has 1 aromatic rings. The van der Waals surface area contributed by atoms with Crippen LogP contribution in [0.1, 0.15) is 23.6 Å². The third kappa shape index (κ3) is 1.57. The van der Waals surface area contributed by atoms with Crippen molar-refractivity contribution in [2.45, 2.75) is 25.8 Å². The van der Waals surface area contributed by atoms with Crippen LogP contribution in [0.15, 0.2) is 22.2 Å². The summed E-state index contributed by atoms with van der Waals surface area (Å²) >= 11 is 0. The van der Waals surface area contributed by atoms with Crippen LogP contribution in [-0.2, 0) is 6.54 Å². The minimum atomic E-state index is 0.115. The summed E-state index contributed by atoms with van der Waals surface area (Å²) in [6.45, 7) is 3.89. The van der Waals surface area contributed by atoms with E-state index in [1.165, 1.54) is 0 Å². The second-order valence-corrected chi connectivity index (χ2v) is 5.11. The third-order valence-corrected chi connectivity index (χ3v) is 3.89. The van der Waals surface area contributed by atoms with Gasteiger partial charge in [-0.2, -0.15) is 0 Å². The first-order valence-corrected chi connectivity index (χ1v) is 5.97. The third-order valence-electron chi connectivity index (χ3n) is 3.89. The van der Waals surface area contributed by atoms with Crippen LogP contribution in [-0.4, -0.2) is 22.7 Å². The van der Waals surface area contributed by atoms with Crippen molar-refractivity contribution in [2.75, 3.05) is 13.1 Å². The van der Waals surface area contributed by atoms with Crippen molar-refractivity contribution in [3.8, 4) is 0 Å². The Morgan fingerprint density at radius 3 is 2.88 bits per heavy atom. The number of nitroso groups, excluding NO2 is 1. The summed E-state index contributed by atoms with van der Waals surface area (Å²) in [6.07, 6.45) is 1.06. The standard InChI is InChI=1S/C12H15N3O2/c1-8-2-3-11-10-4-9(5-14(7-10)13-17)6-15(11)12(8)16/h2-3,9-10H,4-7H2,1H3/t9-,10-/m1/s1. The summed E-state index contributed by atoms with van der Waals surface area (Å²) in [5.74, 6) is 0.645. The fraction of sp³-hybridized carbons (Fsp3) is 0.583. The van der Waals surface area contributed by atoms with Crippen molar-refractivity contribution in [1.29, 1.82) is 0 Å². The molecule has 2 bridgehead atoms. The molecule has 2 aliphatic heterocycles. The van der Waals surface area contributed by atoms with E-state index in [1.807, 2.05) is 23.6 Å². The first kappa shape index (κ1) is 10.5. The molecule has 2 atom stereocenters. The van der Waals surface area contributed by atoms with E-state index in [4.69, 9.17) is 0 Å². The second kappa shape index (κ2) is 3.68. The van der Waals surface area contributed by atoms with Gasteiger partial charge in [-0.25, -0.2) is 0 Å². The van der Waals surface area contributed by atoms with Crippen molar-refractivity contribution in [3.05, 3.63) is 38.7 Å². The first-order valence-electron chi connectivity index (χ1n) is 5.97. The zero-order valence-corrected chi connectivity index (χ0v) is 9.80. The van der Waals surface area contributed by atoms with Crippen LogP contribution in [0.2, 0.25) is 0 Å². The maximum atomic E-state index is 12.1. The maximum Gasteiger partial charge on any atom is 0.253 e. The highest BCUT2D eigenvalue weighted by Crippen LogP contribution is 2.34. The molecule has 0 radical (unpaired) electrons. The van der Waals surface area contributed by atoms with Gasteiger partial charge in [0.2, 0.25) is 0 Å². The van der Waals surface area contributed by atoms with Crippen LogP contribution in [0.5, 0.6) is 0 Å². The molecule has 1 fully saturated rings. The minimum Gasteiger partial charge on any atom is -0.312 e. The fourth-order valence-electron chi connectivity index (χ4n) is 3.10. The van der Waals surface area contributed by atoms with E-state index >= 15 is 0 Å². The molecule has 0 spiro atoms. The van der Waals surface area contributed by atoms with Crippen LogP contribution in [0.25, 0.3) is 0 Å². The number of aryl methyl sites for hydroxylation is 1. The molecule has 0 amide bonds. The lowest BCUT2D eigenvalue weighted by atomic mass is 9.83. The molecule has 1 saturated heterocycles. The van der Waals surface area contributed by atoms with Crippen LogP contribution < -0.4 is 5.56 Å². The molecule has 0 aliphatic carbocycles. The number of nitrogens with zero attached hydrogens (tertiary/aromatic N) is 3. The van der Waals surface area contributed by atoms with E-state index in [2.05, 4.69) is 5.29 Å². The van der Waals surface area contributed by atoms with Gasteiger partial charge in [-0.15, -0.1) is 4.91 Å². The number of fused-ring (bicyclic) bond motifs is 4. The lowest BCUT2D eigenvalue weighted by Gasteiger charge is -2.40. The van der Waals surface area contributed by atoms with E-state index in [-0.39, 0.29) is 11.5 Å².